The molecule has 0 spiro atoms. The molecular formula is C16H17N3O. The number of hydrogen-bond donors (Lipinski definition) is 1. The van der Waals surface area contributed by atoms with Crippen LogP contribution in [0.2, 0.25) is 0 Å². The van der Waals surface area contributed by atoms with Gasteiger partial charge in [0.25, 0.3) is 0 Å². The van der Waals surface area contributed by atoms with E-state index in [9.17, 15) is 0 Å². The van der Waals surface area contributed by atoms with E-state index >= 15 is 0 Å². The lowest BCUT2D eigenvalue weighted by Crippen LogP contribution is -1.99. The third kappa shape index (κ3) is 2.26. The molecule has 0 bridgehead atoms. The van der Waals surface area contributed by atoms with Crippen LogP contribution >= 0.6 is 0 Å². The molecule has 3 aromatic rings. The van der Waals surface area contributed by atoms with E-state index in [4.69, 9.17) is 10.5 Å². The Labute approximate surface area is 117 Å². The molecule has 3 rings (SSSR count). The van der Waals surface area contributed by atoms with Crippen LogP contribution in [0.5, 0.6) is 5.75 Å². The summed E-state index contributed by atoms with van der Waals surface area (Å²) in [6.45, 7) is 0.495. The second-order valence-corrected chi connectivity index (χ2v) is 4.69. The van der Waals surface area contributed by atoms with Gasteiger partial charge in [0.05, 0.1) is 12.8 Å². The minimum Gasteiger partial charge on any atom is -0.496 e. The maximum Gasteiger partial charge on any atom is 0.141 e. The van der Waals surface area contributed by atoms with Gasteiger partial charge in [0, 0.05) is 36.5 Å². The fourth-order valence-corrected chi connectivity index (χ4v) is 2.41. The molecule has 4 heteroatoms. The Balaban J connectivity index is 1.99. The van der Waals surface area contributed by atoms with E-state index in [2.05, 4.69) is 11.1 Å². The number of fused-ring (bicyclic) bond motifs is 1. The molecule has 0 unspecified atom stereocenters. The van der Waals surface area contributed by atoms with Gasteiger partial charge in [-0.3, -0.25) is 0 Å². The Kier molecular flexibility index (Phi) is 3.39. The predicted octanol–water partition coefficient (Wildman–Crippen LogP) is 2.39. The minimum atomic E-state index is 0.495. The number of ether oxygens (including phenoxy) is 1. The molecule has 0 aliphatic carbocycles. The highest BCUT2D eigenvalue weighted by Crippen LogP contribution is 2.21. The van der Waals surface area contributed by atoms with Crippen molar-refractivity contribution in [2.75, 3.05) is 7.11 Å². The maximum absolute atomic E-state index is 5.75. The van der Waals surface area contributed by atoms with E-state index in [0.717, 1.165) is 34.6 Å². The van der Waals surface area contributed by atoms with Crippen LogP contribution in [0.3, 0.4) is 0 Å². The molecule has 0 radical (unpaired) electrons. The van der Waals surface area contributed by atoms with Crippen molar-refractivity contribution in [3.63, 3.8) is 0 Å². The predicted molar refractivity (Wildman–Crippen MR) is 78.9 cm³/mol. The van der Waals surface area contributed by atoms with E-state index in [1.165, 1.54) is 0 Å². The second kappa shape index (κ2) is 5.35. The summed E-state index contributed by atoms with van der Waals surface area (Å²) >= 11 is 0. The van der Waals surface area contributed by atoms with Gasteiger partial charge < -0.3 is 14.9 Å². The van der Waals surface area contributed by atoms with Gasteiger partial charge in [-0.2, -0.15) is 0 Å². The summed E-state index contributed by atoms with van der Waals surface area (Å²) in [5.41, 5.74) is 9.88. The highest BCUT2D eigenvalue weighted by molar-refractivity contribution is 5.49. The molecule has 0 aliphatic rings. The maximum atomic E-state index is 5.75. The SMILES string of the molecule is COc1ccccc1Cc1cn2cccc(CN)c2n1. The zero-order chi connectivity index (χ0) is 13.9. The number of para-hydroxylation sites is 1. The van der Waals surface area contributed by atoms with E-state index in [-0.39, 0.29) is 0 Å². The zero-order valence-corrected chi connectivity index (χ0v) is 11.4. The first-order valence-electron chi connectivity index (χ1n) is 6.59. The largest absolute Gasteiger partial charge is 0.496 e. The number of aromatic nitrogens is 2. The zero-order valence-electron chi connectivity index (χ0n) is 11.4. The van der Waals surface area contributed by atoms with Gasteiger partial charge in [-0.05, 0) is 12.1 Å². The number of benzene rings is 1. The molecule has 4 nitrogen and oxygen atoms in total. The highest BCUT2D eigenvalue weighted by atomic mass is 16.5. The van der Waals surface area contributed by atoms with Crippen LogP contribution in [-0.4, -0.2) is 16.5 Å². The summed E-state index contributed by atoms with van der Waals surface area (Å²) in [5.74, 6) is 0.892. The molecule has 0 aliphatic heterocycles. The van der Waals surface area contributed by atoms with Crippen LogP contribution in [0.4, 0.5) is 0 Å². The molecule has 0 saturated carbocycles. The summed E-state index contributed by atoms with van der Waals surface area (Å²) in [5, 5.41) is 0. The van der Waals surface area contributed by atoms with E-state index in [0.29, 0.717) is 6.54 Å². The van der Waals surface area contributed by atoms with E-state index in [1.807, 2.05) is 47.1 Å². The van der Waals surface area contributed by atoms with Gasteiger partial charge in [-0.15, -0.1) is 0 Å². The first-order valence-corrected chi connectivity index (χ1v) is 6.59. The Morgan fingerprint density at radius 3 is 2.75 bits per heavy atom. The molecule has 0 fully saturated rings. The van der Waals surface area contributed by atoms with Gasteiger partial charge in [-0.25, -0.2) is 4.98 Å². The van der Waals surface area contributed by atoms with Crippen molar-refractivity contribution in [3.8, 4) is 5.75 Å². The quantitative estimate of drug-likeness (QED) is 0.789. The first-order chi connectivity index (χ1) is 9.81. The highest BCUT2D eigenvalue weighted by Gasteiger charge is 2.08. The third-order valence-corrected chi connectivity index (χ3v) is 3.40. The van der Waals surface area contributed by atoms with Gasteiger partial charge >= 0.3 is 0 Å². The van der Waals surface area contributed by atoms with Crippen LogP contribution in [0, 0.1) is 0 Å². The van der Waals surface area contributed by atoms with Crippen molar-refractivity contribution >= 4 is 5.65 Å². The third-order valence-electron chi connectivity index (χ3n) is 3.40. The average molecular weight is 267 g/mol. The lowest BCUT2D eigenvalue weighted by Gasteiger charge is -2.05. The van der Waals surface area contributed by atoms with Gasteiger partial charge in [-0.1, -0.05) is 24.3 Å². The number of methoxy groups -OCH3 is 1. The van der Waals surface area contributed by atoms with Crippen molar-refractivity contribution < 1.29 is 4.74 Å². The Morgan fingerprint density at radius 1 is 1.15 bits per heavy atom. The summed E-state index contributed by atoms with van der Waals surface area (Å²) in [7, 11) is 1.69. The minimum absolute atomic E-state index is 0.495. The monoisotopic (exact) mass is 267 g/mol. The van der Waals surface area contributed by atoms with Crippen LogP contribution in [-0.2, 0) is 13.0 Å². The van der Waals surface area contributed by atoms with Crippen molar-refractivity contribution in [2.45, 2.75) is 13.0 Å². The van der Waals surface area contributed by atoms with Crippen LogP contribution in [0.1, 0.15) is 16.8 Å². The number of imidazole rings is 1. The number of pyridine rings is 1. The number of nitrogens with two attached hydrogens (primary N) is 1. The molecule has 0 atom stereocenters. The van der Waals surface area contributed by atoms with Crippen LogP contribution in [0.25, 0.3) is 5.65 Å². The molecule has 0 amide bonds. The number of hydrogen-bond acceptors (Lipinski definition) is 3. The number of nitrogens with zero attached hydrogens (tertiary/aromatic N) is 2. The lowest BCUT2D eigenvalue weighted by molar-refractivity contribution is 0.410. The lowest BCUT2D eigenvalue weighted by atomic mass is 10.1. The standard InChI is InChI=1S/C16H17N3O/c1-20-15-7-3-2-5-12(15)9-14-11-19-8-4-6-13(10-17)16(19)18-14/h2-8,11H,9-10,17H2,1H3. The van der Waals surface area contributed by atoms with Gasteiger partial charge in [0.2, 0.25) is 0 Å². The van der Waals surface area contributed by atoms with Gasteiger partial charge in [0.1, 0.15) is 11.4 Å². The van der Waals surface area contributed by atoms with Crippen molar-refractivity contribution in [1.29, 1.82) is 0 Å². The second-order valence-electron chi connectivity index (χ2n) is 4.69. The molecule has 1 aromatic carbocycles. The topological polar surface area (TPSA) is 52.5 Å². The molecule has 2 heterocycles. The average Bonchev–Trinajstić information content (AvgIpc) is 2.90. The Hall–Kier alpha value is -2.33. The fraction of sp³-hybridized carbons (Fsp3) is 0.188. The van der Waals surface area contributed by atoms with Crippen molar-refractivity contribution in [1.82, 2.24) is 9.38 Å². The molecule has 20 heavy (non-hydrogen) atoms. The Bertz CT molecular complexity index is 733. The molecule has 102 valence electrons. The normalized spacial score (nSPS) is 10.9. The summed E-state index contributed by atoms with van der Waals surface area (Å²) in [4.78, 5) is 4.68. The van der Waals surface area contributed by atoms with Crippen molar-refractivity contribution in [2.24, 2.45) is 5.73 Å². The first kappa shape index (κ1) is 12.7. The van der Waals surface area contributed by atoms with Crippen LogP contribution in [0.15, 0.2) is 48.8 Å². The number of rotatable bonds is 4. The molecular weight excluding hydrogens is 250 g/mol. The molecule has 0 saturated heterocycles. The van der Waals surface area contributed by atoms with Crippen molar-refractivity contribution in [3.05, 3.63) is 65.6 Å². The van der Waals surface area contributed by atoms with Crippen LogP contribution < -0.4 is 10.5 Å². The summed E-state index contributed by atoms with van der Waals surface area (Å²) < 4.78 is 7.40. The Morgan fingerprint density at radius 2 is 1.95 bits per heavy atom. The van der Waals surface area contributed by atoms with Gasteiger partial charge in [0.15, 0.2) is 0 Å². The molecule has 2 aromatic heterocycles. The molecule has 2 N–H and O–H groups in total. The fourth-order valence-electron chi connectivity index (χ4n) is 2.41. The van der Waals surface area contributed by atoms with E-state index in [1.54, 1.807) is 7.11 Å². The van der Waals surface area contributed by atoms with E-state index < -0.39 is 0 Å². The smallest absolute Gasteiger partial charge is 0.141 e. The summed E-state index contributed by atoms with van der Waals surface area (Å²) in [6.07, 6.45) is 4.78. The summed E-state index contributed by atoms with van der Waals surface area (Å²) in [6, 6.07) is 12.0.